The predicted molar refractivity (Wildman–Crippen MR) is 133 cm³/mol. The molecule has 1 aliphatic rings. The molecule has 0 radical (unpaired) electrons. The van der Waals surface area contributed by atoms with E-state index in [1.54, 1.807) is 24.3 Å². The molecule has 0 spiro atoms. The highest BCUT2D eigenvalue weighted by Crippen LogP contribution is 2.26. The average molecular weight is 497 g/mol. The highest BCUT2D eigenvalue weighted by Gasteiger charge is 2.33. The summed E-state index contributed by atoms with van der Waals surface area (Å²) in [6, 6.07) is 14.8. The van der Waals surface area contributed by atoms with Gasteiger partial charge in [-0.25, -0.2) is 8.42 Å². The Hall–Kier alpha value is -3.04. The Morgan fingerprint density at radius 3 is 2.46 bits per heavy atom. The minimum absolute atomic E-state index is 0.0550. The molecule has 35 heavy (non-hydrogen) atoms. The third-order valence-corrected chi connectivity index (χ3v) is 8.18. The van der Waals surface area contributed by atoms with Crippen molar-refractivity contribution in [2.24, 2.45) is 5.92 Å². The van der Waals surface area contributed by atoms with Gasteiger partial charge >= 0.3 is 0 Å². The highest BCUT2D eigenvalue weighted by molar-refractivity contribution is 7.89. The summed E-state index contributed by atoms with van der Waals surface area (Å²) in [5.41, 5.74) is 3.09. The molecule has 0 saturated carbocycles. The zero-order valence-corrected chi connectivity index (χ0v) is 21.4. The highest BCUT2D eigenvalue weighted by atomic mass is 32.2. The quantitative estimate of drug-likeness (QED) is 0.552. The maximum Gasteiger partial charge on any atom is 0.246 e. The van der Waals surface area contributed by atoms with Crippen LogP contribution in [0.3, 0.4) is 0 Å². The fourth-order valence-electron chi connectivity index (χ4n) is 4.10. The summed E-state index contributed by atoms with van der Waals surface area (Å²) in [4.78, 5) is 17.5. The smallest absolute Gasteiger partial charge is 0.246 e. The van der Waals surface area contributed by atoms with Crippen LogP contribution in [0.4, 0.5) is 0 Å². The lowest BCUT2D eigenvalue weighted by Crippen LogP contribution is -2.45. The number of hydrogen-bond donors (Lipinski definition) is 1. The van der Waals surface area contributed by atoms with Crippen LogP contribution in [0.5, 0.6) is 0 Å². The number of piperidine rings is 1. The van der Waals surface area contributed by atoms with Crippen LogP contribution < -0.4 is 5.32 Å². The normalized spacial score (nSPS) is 17.3. The lowest BCUT2D eigenvalue weighted by Gasteiger charge is -2.31. The fourth-order valence-corrected chi connectivity index (χ4v) is 5.63. The molecule has 1 fully saturated rings. The van der Waals surface area contributed by atoms with Crippen molar-refractivity contribution in [2.45, 2.75) is 57.4 Å². The monoisotopic (exact) mass is 496 g/mol. The van der Waals surface area contributed by atoms with Gasteiger partial charge in [0.2, 0.25) is 27.6 Å². The van der Waals surface area contributed by atoms with E-state index in [4.69, 9.17) is 4.52 Å². The summed E-state index contributed by atoms with van der Waals surface area (Å²) >= 11 is 0. The second-order valence-corrected chi connectivity index (χ2v) is 12.0. The number of hydrogen-bond acceptors (Lipinski definition) is 6. The minimum atomic E-state index is -3.64. The van der Waals surface area contributed by atoms with E-state index in [-0.39, 0.29) is 29.3 Å². The van der Waals surface area contributed by atoms with E-state index in [1.165, 1.54) is 9.87 Å². The molecule has 0 unspecified atom stereocenters. The van der Waals surface area contributed by atoms with E-state index >= 15 is 0 Å². The number of carbonyl (C=O) groups is 1. The van der Waals surface area contributed by atoms with Crippen molar-refractivity contribution in [1.29, 1.82) is 0 Å². The van der Waals surface area contributed by atoms with Gasteiger partial charge in [0.25, 0.3) is 0 Å². The molecule has 1 aliphatic heterocycles. The summed E-state index contributed by atoms with van der Waals surface area (Å²) in [5.74, 6) is 0.107. The van der Waals surface area contributed by atoms with Crippen molar-refractivity contribution in [3.8, 4) is 11.4 Å². The van der Waals surface area contributed by atoms with Gasteiger partial charge in [0.15, 0.2) is 0 Å². The molecule has 3 aromatic rings. The number of sulfonamides is 1. The summed E-state index contributed by atoms with van der Waals surface area (Å²) in [6.07, 6.45) is 1.25. The molecule has 0 aliphatic carbocycles. The van der Waals surface area contributed by atoms with Gasteiger partial charge in [-0.2, -0.15) is 9.29 Å². The number of aryl methyl sites for hydroxylation is 1. The Balaban J connectivity index is 1.36. The lowest BCUT2D eigenvalue weighted by atomic mass is 9.87. The number of benzene rings is 2. The Labute approximate surface area is 206 Å². The third kappa shape index (κ3) is 5.79. The number of aromatic nitrogens is 2. The van der Waals surface area contributed by atoms with Crippen LogP contribution in [-0.4, -0.2) is 41.9 Å². The number of carbonyl (C=O) groups excluding carboxylic acids is 1. The molecule has 2 heterocycles. The van der Waals surface area contributed by atoms with Crippen LogP contribution >= 0.6 is 0 Å². The molecule has 1 N–H and O–H groups in total. The topological polar surface area (TPSA) is 105 Å². The molecule has 1 aromatic heterocycles. The molecule has 186 valence electrons. The van der Waals surface area contributed by atoms with Crippen LogP contribution in [0.25, 0.3) is 11.4 Å². The van der Waals surface area contributed by atoms with Gasteiger partial charge in [-0.15, -0.1) is 0 Å². The molecule has 0 bridgehead atoms. The molecule has 1 atom stereocenters. The minimum Gasteiger partial charge on any atom is -0.347 e. The second-order valence-electron chi connectivity index (χ2n) is 10.1. The number of nitrogens with one attached hydrogen (secondary N) is 1. The van der Waals surface area contributed by atoms with Crippen molar-refractivity contribution < 1.29 is 17.7 Å². The van der Waals surface area contributed by atoms with E-state index < -0.39 is 15.9 Å². The van der Waals surface area contributed by atoms with E-state index in [2.05, 4.69) is 36.2 Å². The van der Waals surface area contributed by atoms with Crippen molar-refractivity contribution in [2.75, 3.05) is 13.1 Å². The Morgan fingerprint density at radius 1 is 1.11 bits per heavy atom. The molecular formula is C26H32N4O4S. The number of rotatable bonds is 6. The van der Waals surface area contributed by atoms with Gasteiger partial charge in [0, 0.05) is 18.7 Å². The van der Waals surface area contributed by atoms with Gasteiger partial charge in [-0.1, -0.05) is 67.9 Å². The first-order valence-corrected chi connectivity index (χ1v) is 13.3. The first-order chi connectivity index (χ1) is 16.5. The molecule has 8 nitrogen and oxygen atoms in total. The van der Waals surface area contributed by atoms with Gasteiger partial charge in [-0.05, 0) is 42.9 Å². The molecule has 9 heteroatoms. The van der Waals surface area contributed by atoms with E-state index in [1.807, 2.05) is 31.2 Å². The largest absolute Gasteiger partial charge is 0.347 e. The Morgan fingerprint density at radius 2 is 1.80 bits per heavy atom. The van der Waals surface area contributed by atoms with Crippen molar-refractivity contribution in [3.63, 3.8) is 0 Å². The lowest BCUT2D eigenvalue weighted by molar-refractivity contribution is -0.126. The van der Waals surface area contributed by atoms with E-state index in [9.17, 15) is 13.2 Å². The second kappa shape index (κ2) is 9.91. The van der Waals surface area contributed by atoms with Crippen LogP contribution in [0.1, 0.15) is 50.6 Å². The maximum atomic E-state index is 13.0. The Kier molecular flexibility index (Phi) is 7.10. The van der Waals surface area contributed by atoms with Gasteiger partial charge in [0.1, 0.15) is 0 Å². The summed E-state index contributed by atoms with van der Waals surface area (Å²) < 4.78 is 32.8. The van der Waals surface area contributed by atoms with Crippen molar-refractivity contribution in [1.82, 2.24) is 19.8 Å². The van der Waals surface area contributed by atoms with Crippen LogP contribution in [0, 0.1) is 12.8 Å². The average Bonchev–Trinajstić information content (AvgIpc) is 3.31. The fraction of sp³-hybridized carbons (Fsp3) is 0.423. The molecule has 2 aromatic carbocycles. The van der Waals surface area contributed by atoms with Crippen molar-refractivity contribution >= 4 is 15.9 Å². The van der Waals surface area contributed by atoms with Crippen LogP contribution in [0.15, 0.2) is 57.9 Å². The van der Waals surface area contributed by atoms with E-state index in [0.717, 1.165) is 11.1 Å². The molecule has 4 rings (SSSR count). The summed E-state index contributed by atoms with van der Waals surface area (Å²) in [5, 5.41) is 6.85. The number of amides is 1. The van der Waals surface area contributed by atoms with Crippen LogP contribution in [0.2, 0.25) is 0 Å². The maximum absolute atomic E-state index is 13.0. The van der Waals surface area contributed by atoms with Gasteiger partial charge < -0.3 is 9.84 Å². The number of nitrogens with zero attached hydrogens (tertiary/aromatic N) is 3. The molecular weight excluding hydrogens is 464 g/mol. The summed E-state index contributed by atoms with van der Waals surface area (Å²) in [7, 11) is -3.64. The first-order valence-electron chi connectivity index (χ1n) is 11.8. The third-order valence-electron chi connectivity index (χ3n) is 6.30. The van der Waals surface area contributed by atoms with Gasteiger partial charge in [-0.3, -0.25) is 4.79 Å². The summed E-state index contributed by atoms with van der Waals surface area (Å²) in [6.45, 7) is 9.01. The molecule has 1 saturated heterocycles. The van der Waals surface area contributed by atoms with Crippen LogP contribution in [-0.2, 0) is 26.8 Å². The predicted octanol–water partition coefficient (Wildman–Crippen LogP) is 4.06. The zero-order chi connectivity index (χ0) is 25.2. The SMILES string of the molecule is Cc1ccc(S(=O)(=O)N2CCC[C@@H](C(=O)NCc3nc(-c4ccc(C(C)(C)C)cc4)no3)C2)cc1. The standard InChI is InChI=1S/C26H32N4O4S/c1-18-7-13-22(14-8-18)35(32,33)30-15-5-6-20(17-30)25(31)27-16-23-28-24(29-34-23)19-9-11-21(12-10-19)26(2,3)4/h7-14,20H,5-6,15-17H2,1-4H3,(H,27,31)/t20-/m1/s1. The van der Waals surface area contributed by atoms with E-state index in [0.29, 0.717) is 31.1 Å². The first kappa shape index (κ1) is 25.1. The van der Waals surface area contributed by atoms with Crippen molar-refractivity contribution in [3.05, 3.63) is 65.5 Å². The Bertz CT molecular complexity index is 1280. The molecule has 1 amide bonds. The zero-order valence-electron chi connectivity index (χ0n) is 20.6. The van der Waals surface area contributed by atoms with Gasteiger partial charge in [0.05, 0.1) is 17.4 Å².